The van der Waals surface area contributed by atoms with Gasteiger partial charge in [0, 0.05) is 63.3 Å². The predicted molar refractivity (Wildman–Crippen MR) is 151 cm³/mol. The zero-order valence-electron chi connectivity index (χ0n) is 24.2. The first-order chi connectivity index (χ1) is 21.9. The summed E-state index contributed by atoms with van der Waals surface area (Å²) in [7, 11) is 0. The number of hydrogen-bond acceptors (Lipinski definition) is 8. The summed E-state index contributed by atoms with van der Waals surface area (Å²) in [5, 5.41) is 0. The molecule has 0 aliphatic carbocycles. The third kappa shape index (κ3) is 6.44. The van der Waals surface area contributed by atoms with E-state index in [-0.39, 0.29) is 44.6 Å². The van der Waals surface area contributed by atoms with Crippen molar-refractivity contribution in [2.75, 3.05) is 44.2 Å². The average molecular weight is 650 g/mol. The van der Waals surface area contributed by atoms with Crippen molar-refractivity contribution in [3.8, 4) is 5.75 Å². The standard InChI is InChI=1S/C30H29F6N7O3/c31-29(32,33)20-13-37-28(38-14-20)42-10-8-41(9-11-42)27(45)18-5-3-6-21(12-18)46-17-24-22-7-2-1-4-19(22)16-43(24)23-15-39-40-26(44)25(23)30(34,35)36/h1-7,12-14,23-25,39H,8-11,15-17H2,(H,40,44)/t23?,24-,25?/m1/s1. The molecule has 16 heteroatoms. The minimum absolute atomic E-state index is 0.0246. The number of alkyl halides is 6. The van der Waals surface area contributed by atoms with Crippen molar-refractivity contribution in [3.05, 3.63) is 83.2 Å². The number of benzene rings is 2. The van der Waals surface area contributed by atoms with E-state index in [1.165, 1.54) is 0 Å². The zero-order chi connectivity index (χ0) is 32.6. The van der Waals surface area contributed by atoms with E-state index in [2.05, 4.69) is 20.8 Å². The molecule has 3 aromatic rings. The smallest absolute Gasteiger partial charge is 0.419 e. The Kier molecular flexibility index (Phi) is 8.50. The first-order valence-electron chi connectivity index (χ1n) is 14.5. The van der Waals surface area contributed by atoms with Crippen LogP contribution in [0.15, 0.2) is 60.9 Å². The Balaban J connectivity index is 1.12. The molecule has 2 saturated heterocycles. The van der Waals surface area contributed by atoms with Gasteiger partial charge in [-0.05, 0) is 29.3 Å². The van der Waals surface area contributed by atoms with Gasteiger partial charge in [0.25, 0.3) is 5.91 Å². The molecule has 0 saturated carbocycles. The van der Waals surface area contributed by atoms with Crippen LogP contribution in [-0.4, -0.2) is 83.1 Å². The number of carbonyl (C=O) groups is 2. The van der Waals surface area contributed by atoms with Gasteiger partial charge in [0.1, 0.15) is 12.4 Å². The number of ether oxygens (including phenoxy) is 1. The van der Waals surface area contributed by atoms with Gasteiger partial charge in [0.15, 0.2) is 5.92 Å². The Morgan fingerprint density at radius 2 is 1.67 bits per heavy atom. The van der Waals surface area contributed by atoms with Crippen LogP contribution in [0.5, 0.6) is 5.75 Å². The molecule has 0 radical (unpaired) electrons. The molecule has 3 aliphatic rings. The van der Waals surface area contributed by atoms with Crippen LogP contribution in [0.25, 0.3) is 0 Å². The summed E-state index contributed by atoms with van der Waals surface area (Å²) in [5.74, 6) is -3.15. The summed E-state index contributed by atoms with van der Waals surface area (Å²) >= 11 is 0. The zero-order valence-corrected chi connectivity index (χ0v) is 24.2. The van der Waals surface area contributed by atoms with E-state index in [1.807, 2.05) is 12.1 Å². The minimum Gasteiger partial charge on any atom is -0.492 e. The van der Waals surface area contributed by atoms with Crippen molar-refractivity contribution < 1.29 is 40.7 Å². The first-order valence-corrected chi connectivity index (χ1v) is 14.5. The van der Waals surface area contributed by atoms with Crippen LogP contribution in [0.3, 0.4) is 0 Å². The van der Waals surface area contributed by atoms with Crippen LogP contribution in [0, 0.1) is 5.92 Å². The van der Waals surface area contributed by atoms with E-state index in [9.17, 15) is 35.9 Å². The lowest BCUT2D eigenvalue weighted by Gasteiger charge is -2.40. The number of carbonyl (C=O) groups excluding carboxylic acids is 2. The monoisotopic (exact) mass is 649 g/mol. The Hall–Kier alpha value is -4.44. The number of nitrogens with one attached hydrogen (secondary N) is 2. The SMILES string of the molecule is O=C1NNCC(N2Cc3ccccc3[C@H]2COc2cccc(C(=O)N3CCN(c4ncc(C(F)(F)F)cn4)CC3)c2)C1C(F)(F)F. The third-order valence-corrected chi connectivity index (χ3v) is 8.44. The van der Waals surface area contributed by atoms with E-state index >= 15 is 0 Å². The number of fused-ring (bicyclic) bond motifs is 1. The molecule has 2 aromatic carbocycles. The van der Waals surface area contributed by atoms with Crippen molar-refractivity contribution in [1.29, 1.82) is 0 Å². The maximum Gasteiger partial charge on any atom is 0.419 e. The van der Waals surface area contributed by atoms with Gasteiger partial charge < -0.3 is 14.5 Å². The van der Waals surface area contributed by atoms with Gasteiger partial charge in [-0.15, -0.1) is 0 Å². The second-order valence-electron chi connectivity index (χ2n) is 11.2. The van der Waals surface area contributed by atoms with Crippen molar-refractivity contribution in [1.82, 2.24) is 30.6 Å². The minimum atomic E-state index is -4.75. The highest BCUT2D eigenvalue weighted by molar-refractivity contribution is 5.94. The fourth-order valence-electron chi connectivity index (χ4n) is 6.13. The molecule has 10 nitrogen and oxygen atoms in total. The summed E-state index contributed by atoms with van der Waals surface area (Å²) in [6.45, 7) is 1.27. The Morgan fingerprint density at radius 3 is 2.37 bits per heavy atom. The van der Waals surface area contributed by atoms with Crippen LogP contribution >= 0.6 is 0 Å². The second kappa shape index (κ2) is 12.4. The number of hydrogen-bond donors (Lipinski definition) is 2. The Morgan fingerprint density at radius 1 is 0.957 bits per heavy atom. The van der Waals surface area contributed by atoms with Crippen LogP contribution in [0.4, 0.5) is 32.3 Å². The summed E-state index contributed by atoms with van der Waals surface area (Å²) in [6.07, 6.45) is -7.83. The van der Waals surface area contributed by atoms with E-state index in [1.54, 1.807) is 51.1 Å². The number of piperazine rings is 1. The summed E-state index contributed by atoms with van der Waals surface area (Å²) in [4.78, 5) is 38.2. The molecule has 2 unspecified atom stereocenters. The van der Waals surface area contributed by atoms with E-state index in [0.717, 1.165) is 23.5 Å². The Bertz CT molecular complexity index is 1580. The normalized spacial score (nSPS) is 22.4. The molecule has 4 heterocycles. The van der Waals surface area contributed by atoms with Crippen molar-refractivity contribution in [2.45, 2.75) is 31.0 Å². The lowest BCUT2D eigenvalue weighted by atomic mass is 9.94. The van der Waals surface area contributed by atoms with Gasteiger partial charge in [-0.1, -0.05) is 30.3 Å². The number of rotatable bonds is 6. The van der Waals surface area contributed by atoms with Crippen molar-refractivity contribution >= 4 is 17.8 Å². The van der Waals surface area contributed by atoms with Crippen LogP contribution in [0.1, 0.15) is 33.1 Å². The highest BCUT2D eigenvalue weighted by Gasteiger charge is 2.55. The summed E-state index contributed by atoms with van der Waals surface area (Å²) in [5.41, 5.74) is 5.72. The molecule has 2 fully saturated rings. The molecule has 0 bridgehead atoms. The number of nitrogens with zero attached hydrogens (tertiary/aromatic N) is 5. The fraction of sp³-hybridized carbons (Fsp3) is 0.400. The van der Waals surface area contributed by atoms with Gasteiger partial charge in [0.05, 0.1) is 11.6 Å². The lowest BCUT2D eigenvalue weighted by molar-refractivity contribution is -0.202. The molecule has 2 amide bonds. The number of anilines is 1. The summed E-state index contributed by atoms with van der Waals surface area (Å²) in [6, 6.07) is 12.0. The maximum atomic E-state index is 14.0. The molecule has 1 aromatic heterocycles. The van der Waals surface area contributed by atoms with Gasteiger partial charge in [-0.3, -0.25) is 19.9 Å². The lowest BCUT2D eigenvalue weighted by Crippen LogP contribution is -2.64. The van der Waals surface area contributed by atoms with E-state index < -0.39 is 41.8 Å². The largest absolute Gasteiger partial charge is 0.492 e. The first kappa shape index (κ1) is 31.5. The maximum absolute atomic E-state index is 14.0. The van der Waals surface area contributed by atoms with Gasteiger partial charge >= 0.3 is 12.4 Å². The van der Waals surface area contributed by atoms with Crippen LogP contribution in [-0.2, 0) is 17.5 Å². The molecular formula is C30H29F6N7O3. The summed E-state index contributed by atoms with van der Waals surface area (Å²) < 4.78 is 86.6. The molecule has 3 atom stereocenters. The van der Waals surface area contributed by atoms with E-state index in [0.29, 0.717) is 24.4 Å². The third-order valence-electron chi connectivity index (χ3n) is 8.44. The number of hydrazine groups is 1. The number of aromatic nitrogens is 2. The van der Waals surface area contributed by atoms with Gasteiger partial charge in [-0.25, -0.2) is 15.4 Å². The number of amides is 2. The molecule has 0 spiro atoms. The Labute approximate surface area is 259 Å². The van der Waals surface area contributed by atoms with Crippen LogP contribution in [0.2, 0.25) is 0 Å². The van der Waals surface area contributed by atoms with Crippen LogP contribution < -0.4 is 20.5 Å². The average Bonchev–Trinajstić information content (AvgIpc) is 3.41. The van der Waals surface area contributed by atoms with Gasteiger partial charge in [-0.2, -0.15) is 26.3 Å². The molecule has 6 rings (SSSR count). The molecule has 244 valence electrons. The molecule has 3 aliphatic heterocycles. The van der Waals surface area contributed by atoms with Crippen molar-refractivity contribution in [2.24, 2.45) is 5.92 Å². The van der Waals surface area contributed by atoms with Crippen molar-refractivity contribution in [3.63, 3.8) is 0 Å². The highest BCUT2D eigenvalue weighted by Crippen LogP contribution is 2.41. The second-order valence-corrected chi connectivity index (χ2v) is 11.2. The molecular weight excluding hydrogens is 620 g/mol. The predicted octanol–water partition coefficient (Wildman–Crippen LogP) is 3.58. The van der Waals surface area contributed by atoms with Gasteiger partial charge in [0.2, 0.25) is 11.9 Å². The molecule has 46 heavy (non-hydrogen) atoms. The highest BCUT2D eigenvalue weighted by atomic mass is 19.4. The van der Waals surface area contributed by atoms with E-state index in [4.69, 9.17) is 4.74 Å². The number of halogens is 6. The quantitative estimate of drug-likeness (QED) is 0.391. The topological polar surface area (TPSA) is 103 Å². The molecule has 2 N–H and O–H groups in total. The fourth-order valence-corrected chi connectivity index (χ4v) is 6.13.